The first-order valence-electron chi connectivity index (χ1n) is 5.41. The molecule has 1 aromatic rings. The van der Waals surface area contributed by atoms with Crippen LogP contribution in [0.15, 0.2) is 30.3 Å². The van der Waals surface area contributed by atoms with E-state index < -0.39 is 18.1 Å². The quantitative estimate of drug-likeness (QED) is 0.811. The standard InChI is InChI=1S/C12H14F2N2O/c13-11(14)6-7-16(8-11)12(15,9-17)10-4-2-1-3-5-10/h1-5,9H,6-8,15H2/t12-/m1/s1. The van der Waals surface area contributed by atoms with Gasteiger partial charge in [-0.2, -0.15) is 0 Å². The number of halogens is 2. The van der Waals surface area contributed by atoms with Crippen molar-refractivity contribution in [2.45, 2.75) is 18.0 Å². The van der Waals surface area contributed by atoms with Crippen molar-refractivity contribution < 1.29 is 13.6 Å². The van der Waals surface area contributed by atoms with Gasteiger partial charge in [0.2, 0.25) is 0 Å². The molecule has 2 N–H and O–H groups in total. The number of likely N-dealkylation sites (tertiary alicyclic amines) is 1. The summed E-state index contributed by atoms with van der Waals surface area (Å²) in [6.45, 7) is -0.353. The lowest BCUT2D eigenvalue weighted by molar-refractivity contribution is -0.119. The predicted octanol–water partition coefficient (Wildman–Crippen LogP) is 1.34. The minimum Gasteiger partial charge on any atom is -0.303 e. The number of nitrogens with two attached hydrogens (primary N) is 1. The van der Waals surface area contributed by atoms with E-state index in [0.717, 1.165) is 0 Å². The van der Waals surface area contributed by atoms with Crippen LogP contribution in [0, 0.1) is 0 Å². The smallest absolute Gasteiger partial charge is 0.261 e. The van der Waals surface area contributed by atoms with Crippen molar-refractivity contribution in [3.8, 4) is 0 Å². The Morgan fingerprint density at radius 1 is 1.35 bits per heavy atom. The van der Waals surface area contributed by atoms with Gasteiger partial charge in [0.15, 0.2) is 11.9 Å². The molecule has 0 spiro atoms. The van der Waals surface area contributed by atoms with Crippen LogP contribution < -0.4 is 5.73 Å². The molecule has 5 heteroatoms. The molecule has 3 nitrogen and oxygen atoms in total. The van der Waals surface area contributed by atoms with Crippen molar-refractivity contribution in [1.82, 2.24) is 4.90 Å². The van der Waals surface area contributed by atoms with E-state index in [1.165, 1.54) is 4.90 Å². The van der Waals surface area contributed by atoms with Crippen molar-refractivity contribution in [3.05, 3.63) is 35.9 Å². The molecule has 0 bridgehead atoms. The summed E-state index contributed by atoms with van der Waals surface area (Å²) in [5.74, 6) is -2.76. The molecule has 0 amide bonds. The zero-order valence-corrected chi connectivity index (χ0v) is 9.27. The Kier molecular flexibility index (Phi) is 2.97. The molecule has 0 saturated carbocycles. The Bertz CT molecular complexity index is 410. The number of carbonyl (C=O) groups excluding carboxylic acids is 1. The molecule has 1 aliphatic heterocycles. The van der Waals surface area contributed by atoms with Gasteiger partial charge in [0.25, 0.3) is 5.92 Å². The summed E-state index contributed by atoms with van der Waals surface area (Å²) < 4.78 is 26.3. The topological polar surface area (TPSA) is 46.3 Å². The molecule has 1 heterocycles. The predicted molar refractivity (Wildman–Crippen MR) is 59.5 cm³/mol. The number of benzene rings is 1. The maximum atomic E-state index is 13.2. The van der Waals surface area contributed by atoms with E-state index in [0.29, 0.717) is 11.8 Å². The largest absolute Gasteiger partial charge is 0.303 e. The summed E-state index contributed by atoms with van der Waals surface area (Å²) in [6, 6.07) is 8.59. The van der Waals surface area contributed by atoms with Gasteiger partial charge >= 0.3 is 0 Å². The number of carbonyl (C=O) groups is 1. The van der Waals surface area contributed by atoms with Crippen LogP contribution >= 0.6 is 0 Å². The highest BCUT2D eigenvalue weighted by Crippen LogP contribution is 2.33. The molecular weight excluding hydrogens is 226 g/mol. The molecule has 0 radical (unpaired) electrons. The van der Waals surface area contributed by atoms with E-state index in [4.69, 9.17) is 5.73 Å². The van der Waals surface area contributed by atoms with Crippen LogP contribution in [0.2, 0.25) is 0 Å². The minimum absolute atomic E-state index is 0.122. The lowest BCUT2D eigenvalue weighted by atomic mass is 10.0. The molecule has 1 fully saturated rings. The zero-order chi connectivity index (χ0) is 12.5. The van der Waals surface area contributed by atoms with E-state index in [1.807, 2.05) is 0 Å². The van der Waals surface area contributed by atoms with E-state index in [9.17, 15) is 13.6 Å². The molecule has 0 unspecified atom stereocenters. The first kappa shape index (κ1) is 12.1. The second-order valence-corrected chi connectivity index (χ2v) is 4.34. The molecule has 17 heavy (non-hydrogen) atoms. The van der Waals surface area contributed by atoms with E-state index >= 15 is 0 Å². The second kappa shape index (κ2) is 4.16. The summed E-state index contributed by atoms with van der Waals surface area (Å²) in [7, 11) is 0. The van der Waals surface area contributed by atoms with Gasteiger partial charge in [-0.3, -0.25) is 9.69 Å². The molecular formula is C12H14F2N2O. The monoisotopic (exact) mass is 240 g/mol. The number of nitrogens with zero attached hydrogens (tertiary/aromatic N) is 1. The maximum absolute atomic E-state index is 13.2. The van der Waals surface area contributed by atoms with E-state index in [1.54, 1.807) is 30.3 Å². The van der Waals surface area contributed by atoms with Crippen molar-refractivity contribution in [3.63, 3.8) is 0 Å². The van der Waals surface area contributed by atoms with Crippen LogP contribution in [0.4, 0.5) is 8.78 Å². The van der Waals surface area contributed by atoms with Gasteiger partial charge in [0.05, 0.1) is 6.54 Å². The van der Waals surface area contributed by atoms with Crippen LogP contribution in [0.3, 0.4) is 0 Å². The van der Waals surface area contributed by atoms with Crippen LogP contribution in [-0.2, 0) is 10.5 Å². The third-order valence-electron chi connectivity index (χ3n) is 3.11. The minimum atomic E-state index is -2.76. The van der Waals surface area contributed by atoms with Gasteiger partial charge < -0.3 is 5.73 Å². The zero-order valence-electron chi connectivity index (χ0n) is 9.27. The van der Waals surface area contributed by atoms with Crippen molar-refractivity contribution in [1.29, 1.82) is 0 Å². The number of alkyl halides is 2. The first-order chi connectivity index (χ1) is 7.98. The average molecular weight is 240 g/mol. The van der Waals surface area contributed by atoms with Crippen LogP contribution in [0.25, 0.3) is 0 Å². The Balaban J connectivity index is 2.30. The Morgan fingerprint density at radius 3 is 2.47 bits per heavy atom. The fourth-order valence-electron chi connectivity index (χ4n) is 2.08. The highest BCUT2D eigenvalue weighted by atomic mass is 19.3. The van der Waals surface area contributed by atoms with Gasteiger partial charge in [-0.05, 0) is 5.56 Å². The lowest BCUT2D eigenvalue weighted by Crippen LogP contribution is -2.54. The summed E-state index contributed by atoms with van der Waals surface area (Å²) >= 11 is 0. The third kappa shape index (κ3) is 2.21. The first-order valence-corrected chi connectivity index (χ1v) is 5.41. The Morgan fingerprint density at radius 2 is 2.00 bits per heavy atom. The van der Waals surface area contributed by atoms with E-state index in [2.05, 4.69) is 0 Å². The van der Waals surface area contributed by atoms with Crippen molar-refractivity contribution >= 4 is 6.29 Å². The average Bonchev–Trinajstić information content (AvgIpc) is 2.70. The fraction of sp³-hybridized carbons (Fsp3) is 0.417. The van der Waals surface area contributed by atoms with Crippen molar-refractivity contribution in [2.75, 3.05) is 13.1 Å². The maximum Gasteiger partial charge on any atom is 0.261 e. The number of hydrogen-bond acceptors (Lipinski definition) is 3. The summed E-state index contributed by atoms with van der Waals surface area (Å²) in [6.07, 6.45) is 0.274. The summed E-state index contributed by atoms with van der Waals surface area (Å²) in [4.78, 5) is 12.5. The summed E-state index contributed by atoms with van der Waals surface area (Å²) in [5.41, 5.74) is 5.05. The molecule has 1 atom stereocenters. The summed E-state index contributed by atoms with van der Waals surface area (Å²) in [5, 5.41) is 0. The molecule has 0 aromatic heterocycles. The van der Waals surface area contributed by atoms with Crippen LogP contribution in [-0.4, -0.2) is 30.2 Å². The molecule has 92 valence electrons. The normalized spacial score (nSPS) is 23.2. The Labute approximate surface area is 98.2 Å². The third-order valence-corrected chi connectivity index (χ3v) is 3.11. The molecule has 1 aromatic carbocycles. The van der Waals surface area contributed by atoms with Crippen LogP contribution in [0.5, 0.6) is 0 Å². The number of rotatable bonds is 3. The van der Waals surface area contributed by atoms with Gasteiger partial charge in [-0.25, -0.2) is 8.78 Å². The molecule has 1 aliphatic rings. The lowest BCUT2D eigenvalue weighted by Gasteiger charge is -2.33. The number of aldehydes is 1. The fourth-order valence-corrected chi connectivity index (χ4v) is 2.08. The van der Waals surface area contributed by atoms with Crippen LogP contribution in [0.1, 0.15) is 12.0 Å². The molecule has 0 aliphatic carbocycles. The molecule has 1 saturated heterocycles. The van der Waals surface area contributed by atoms with Gasteiger partial charge in [0.1, 0.15) is 0 Å². The SMILES string of the molecule is N[C@@](C=O)(c1ccccc1)N1CCC(F)(F)C1. The number of hydrogen-bond donors (Lipinski definition) is 1. The second-order valence-electron chi connectivity index (χ2n) is 4.34. The van der Waals surface area contributed by atoms with E-state index in [-0.39, 0.29) is 13.0 Å². The molecule has 2 rings (SSSR count). The van der Waals surface area contributed by atoms with Crippen molar-refractivity contribution in [2.24, 2.45) is 5.73 Å². The Hall–Kier alpha value is -1.33. The van der Waals surface area contributed by atoms with Gasteiger partial charge in [0, 0.05) is 13.0 Å². The van der Waals surface area contributed by atoms with Gasteiger partial charge in [-0.1, -0.05) is 30.3 Å². The van der Waals surface area contributed by atoms with Gasteiger partial charge in [-0.15, -0.1) is 0 Å². The highest BCUT2D eigenvalue weighted by Gasteiger charge is 2.46. The highest BCUT2D eigenvalue weighted by molar-refractivity contribution is 5.66.